The summed E-state index contributed by atoms with van der Waals surface area (Å²) in [6.45, 7) is 0. The Labute approximate surface area is 63.8 Å². The summed E-state index contributed by atoms with van der Waals surface area (Å²) in [6.07, 6.45) is 0. The molecule has 4 heavy (non-hydrogen) atoms. The molecule has 0 heterocycles. The molecule has 0 nitrogen and oxygen atoms in total. The molecule has 31 valence electrons. The molecule has 0 spiro atoms. The van der Waals surface area contributed by atoms with E-state index in [-0.39, 0.29) is 64.1 Å². The summed E-state index contributed by atoms with van der Waals surface area (Å²) in [4.78, 5) is 0. The zero-order valence-corrected chi connectivity index (χ0v) is 5.74. The van der Waals surface area contributed by atoms with Crippen molar-refractivity contribution in [1.29, 1.82) is 0 Å². The summed E-state index contributed by atoms with van der Waals surface area (Å²) in [6, 6.07) is 0. The van der Waals surface area contributed by atoms with Gasteiger partial charge in [0.2, 0.25) is 0 Å². The molecular formula is H3CuFeNiS+7. The van der Waals surface area contributed by atoms with Gasteiger partial charge in [-0.1, -0.05) is 13.5 Å². The largest absolute Gasteiger partial charge is 2.00 e. The van der Waals surface area contributed by atoms with Crippen LogP contribution in [0.1, 0.15) is 0 Å². The Hall–Kier alpha value is 1.88. The fraction of sp³-hybridized carbons (Fsp3) is 0. The van der Waals surface area contributed by atoms with Crippen LogP contribution < -0.4 is 0 Å². The van der Waals surface area contributed by atoms with Crippen LogP contribution in [0.3, 0.4) is 0 Å². The predicted molar refractivity (Wildman–Crippen MR) is 11.5 cm³/mol. The minimum Gasteiger partial charge on any atom is -0.0576 e. The van der Waals surface area contributed by atoms with Crippen molar-refractivity contribution in [2.24, 2.45) is 0 Å². The van der Waals surface area contributed by atoms with Gasteiger partial charge in [-0.2, -0.15) is 0 Å². The third kappa shape index (κ3) is 9.10. The van der Waals surface area contributed by atoms with E-state index >= 15 is 0 Å². The molecule has 0 N–H and O–H groups in total. The van der Waals surface area contributed by atoms with Crippen molar-refractivity contribution in [2.75, 3.05) is 0 Å². The van der Waals surface area contributed by atoms with Crippen molar-refractivity contribution in [2.45, 2.75) is 0 Å². The van der Waals surface area contributed by atoms with E-state index in [0.29, 0.717) is 0 Å². The van der Waals surface area contributed by atoms with Gasteiger partial charge in [-0.15, -0.1) is 0 Å². The quantitative estimate of drug-likeness (QED) is 0.364. The molecule has 0 fully saturated rings. The average molecular weight is 213 g/mol. The second-order valence-corrected chi connectivity index (χ2v) is 0. The molecule has 0 aromatic carbocycles. The third-order valence-electron chi connectivity index (χ3n) is 0. The summed E-state index contributed by atoms with van der Waals surface area (Å²) in [5, 5.41) is 0. The van der Waals surface area contributed by atoms with Gasteiger partial charge in [0.05, 0.1) is 0 Å². The van der Waals surface area contributed by atoms with Crippen LogP contribution in [-0.4, -0.2) is 0 Å². The van der Waals surface area contributed by atoms with Crippen LogP contribution in [0.2, 0.25) is 0 Å². The maximum atomic E-state index is 0. The molecule has 0 atom stereocenters. The van der Waals surface area contributed by atoms with Gasteiger partial charge < -0.3 is 0 Å². The second kappa shape index (κ2) is 20.8. The molecule has 0 aromatic heterocycles. The normalized spacial score (nSPS) is 0. The zero-order valence-electron chi connectivity index (χ0n) is 1.55. The Bertz CT molecular complexity index is 8.00. The van der Waals surface area contributed by atoms with Gasteiger partial charge in [0, 0.05) is 0 Å². The van der Waals surface area contributed by atoms with Crippen LogP contribution in [0, 0.1) is 0 Å². The number of hydrogen-bond donors (Lipinski definition) is 0. The first-order valence-electron chi connectivity index (χ1n) is 0. The Morgan fingerprint density at radius 2 is 1.00 bits per heavy atom. The number of hydrogen-bond acceptors (Lipinski definition) is 0. The van der Waals surface area contributed by atoms with Gasteiger partial charge in [-0.05, 0) is 0 Å². The van der Waals surface area contributed by atoms with Crippen molar-refractivity contribution in [3.05, 3.63) is 0 Å². The molecule has 0 bridgehead atoms. The Kier molecular flexibility index (Phi) is 205. The predicted octanol–water partition coefficient (Wildman–Crippen LogP) is -0.813. The van der Waals surface area contributed by atoms with E-state index in [2.05, 4.69) is 0 Å². The third-order valence-corrected chi connectivity index (χ3v) is 0. The molecule has 1 radical (unpaired) electrons. The van der Waals surface area contributed by atoms with Gasteiger partial charge in [0.25, 0.3) is 0 Å². The van der Waals surface area contributed by atoms with E-state index < -0.39 is 0 Å². The fourth-order valence-electron chi connectivity index (χ4n) is 0. The van der Waals surface area contributed by atoms with Gasteiger partial charge in [0.15, 0.2) is 0 Å². The minimum atomic E-state index is 0. The van der Waals surface area contributed by atoms with E-state index in [0.717, 1.165) is 0 Å². The van der Waals surface area contributed by atoms with Gasteiger partial charge in [-0.3, -0.25) is 0 Å². The molecule has 0 saturated heterocycles. The van der Waals surface area contributed by atoms with Crippen molar-refractivity contribution in [3.8, 4) is 0 Å². The van der Waals surface area contributed by atoms with Crippen LogP contribution in [0.5, 0.6) is 0 Å². The minimum absolute atomic E-state index is 0. The molecule has 0 aliphatic rings. The SMILES string of the molecule is [Cu+2].[Fe+2].[Ni+2].[SH3+]. The molecule has 0 aliphatic carbocycles. The van der Waals surface area contributed by atoms with E-state index in [9.17, 15) is 0 Å². The Morgan fingerprint density at radius 3 is 1.00 bits per heavy atom. The summed E-state index contributed by atoms with van der Waals surface area (Å²) < 4.78 is 0. The topological polar surface area (TPSA) is 0 Å². The van der Waals surface area contributed by atoms with E-state index in [1.165, 1.54) is 0 Å². The molecule has 0 amide bonds. The first-order valence-corrected chi connectivity index (χ1v) is 0. The van der Waals surface area contributed by atoms with Crippen molar-refractivity contribution in [3.63, 3.8) is 0 Å². The van der Waals surface area contributed by atoms with Gasteiger partial charge in [-0.25, -0.2) is 0 Å². The first-order chi connectivity index (χ1) is 0. The van der Waals surface area contributed by atoms with E-state index in [4.69, 9.17) is 0 Å². The molecule has 0 aliphatic heterocycles. The summed E-state index contributed by atoms with van der Waals surface area (Å²) >= 11 is 0. The summed E-state index contributed by atoms with van der Waals surface area (Å²) in [7, 11) is 0. The molecule has 4 heteroatoms. The monoisotopic (exact) mass is 212 g/mol. The average Bonchev–Trinajstić information content (AvgIpc) is 0. The zero-order chi connectivity index (χ0) is 0. The van der Waals surface area contributed by atoms with Crippen LogP contribution in [0.15, 0.2) is 0 Å². The molecule has 0 saturated carbocycles. The van der Waals surface area contributed by atoms with E-state index in [1.54, 1.807) is 0 Å². The van der Waals surface area contributed by atoms with Gasteiger partial charge in [0.1, 0.15) is 0 Å². The van der Waals surface area contributed by atoms with Crippen LogP contribution in [0.25, 0.3) is 0 Å². The maximum Gasteiger partial charge on any atom is 2.00 e. The molecule has 0 rings (SSSR count). The fourth-order valence-corrected chi connectivity index (χ4v) is 0. The van der Waals surface area contributed by atoms with Crippen LogP contribution in [-0.2, 0) is 64.1 Å². The summed E-state index contributed by atoms with van der Waals surface area (Å²) in [5.74, 6) is 0. The van der Waals surface area contributed by atoms with Crippen LogP contribution in [0.4, 0.5) is 0 Å². The first kappa shape index (κ1) is 39.6. The maximum absolute atomic E-state index is 0. The Morgan fingerprint density at radius 1 is 1.00 bits per heavy atom. The molecule has 0 aromatic rings. The van der Waals surface area contributed by atoms with E-state index in [1.807, 2.05) is 0 Å². The second-order valence-electron chi connectivity index (χ2n) is 0. The number of rotatable bonds is 0. The molecule has 0 unspecified atom stereocenters. The van der Waals surface area contributed by atoms with Gasteiger partial charge >= 0.3 is 50.6 Å². The van der Waals surface area contributed by atoms with Crippen molar-refractivity contribution < 1.29 is 50.6 Å². The standard InChI is InChI=1S/Cu.Fe.Ni.H2S/h;;;1H2/q3*+2;/p+1. The summed E-state index contributed by atoms with van der Waals surface area (Å²) in [5.41, 5.74) is 0. The van der Waals surface area contributed by atoms with Crippen molar-refractivity contribution in [1.82, 2.24) is 0 Å². The Balaban J connectivity index is 0. The smallest absolute Gasteiger partial charge is 0.0576 e. The van der Waals surface area contributed by atoms with Crippen molar-refractivity contribution >= 4 is 13.5 Å². The molecular weight excluding hydrogens is 210 g/mol. The van der Waals surface area contributed by atoms with Crippen LogP contribution >= 0.6 is 0 Å².